The highest BCUT2D eigenvalue weighted by Crippen LogP contribution is 2.32. The average Bonchev–Trinajstić information content (AvgIpc) is 3.17. The molecule has 0 amide bonds. The molecule has 5 N–H and O–H groups in total. The summed E-state index contributed by atoms with van der Waals surface area (Å²) < 4.78 is 15.0. The first-order valence-corrected chi connectivity index (χ1v) is 11.4. The molecule has 0 spiro atoms. The SMILES string of the molecule is CC(C)c1nc(Nc2c(C(=O)O)cnn2C)nc(-c2ccc(F)cc2)c1/C=C/[C@@H](O)C[C@@H](O)CC(=O)O. The number of nitrogens with zero attached hydrogens (tertiary/aromatic N) is 4. The second-order valence-electron chi connectivity index (χ2n) is 8.73. The van der Waals surface area contributed by atoms with E-state index in [4.69, 9.17) is 5.11 Å². The highest BCUT2D eigenvalue weighted by molar-refractivity contribution is 5.93. The van der Waals surface area contributed by atoms with Crippen LogP contribution < -0.4 is 5.32 Å². The van der Waals surface area contributed by atoms with E-state index in [1.54, 1.807) is 13.1 Å². The number of aliphatic carboxylic acids is 1. The van der Waals surface area contributed by atoms with Crippen LogP contribution in [0.1, 0.15) is 54.2 Å². The van der Waals surface area contributed by atoms with Crippen molar-refractivity contribution < 1.29 is 34.4 Å². The molecule has 0 aliphatic heterocycles. The van der Waals surface area contributed by atoms with E-state index < -0.39 is 36.4 Å². The summed E-state index contributed by atoms with van der Waals surface area (Å²) in [6.07, 6.45) is 1.10. The normalized spacial score (nSPS) is 13.2. The maximum absolute atomic E-state index is 13.6. The zero-order valence-electron chi connectivity index (χ0n) is 20.5. The highest BCUT2D eigenvalue weighted by Gasteiger charge is 2.21. The van der Waals surface area contributed by atoms with Gasteiger partial charge in [-0.15, -0.1) is 0 Å². The van der Waals surface area contributed by atoms with Crippen LogP contribution in [0.3, 0.4) is 0 Å². The third kappa shape index (κ3) is 6.96. The number of aryl methyl sites for hydroxylation is 1. The molecule has 0 aliphatic carbocycles. The number of anilines is 2. The first kappa shape index (κ1) is 27.4. The summed E-state index contributed by atoms with van der Waals surface area (Å²) in [5.41, 5.74) is 1.91. The summed E-state index contributed by atoms with van der Waals surface area (Å²) in [6.45, 7) is 3.77. The Kier molecular flexibility index (Phi) is 8.69. The molecule has 0 saturated carbocycles. The van der Waals surface area contributed by atoms with Crippen molar-refractivity contribution in [3.05, 3.63) is 59.2 Å². The minimum absolute atomic E-state index is 0.0763. The van der Waals surface area contributed by atoms with Crippen LogP contribution in [0.2, 0.25) is 0 Å². The lowest BCUT2D eigenvalue weighted by Gasteiger charge is -2.17. The number of aliphatic hydroxyl groups excluding tert-OH is 2. The number of aromatic carboxylic acids is 1. The van der Waals surface area contributed by atoms with Gasteiger partial charge in [0.15, 0.2) is 0 Å². The average molecular weight is 514 g/mol. The van der Waals surface area contributed by atoms with Gasteiger partial charge in [-0.25, -0.2) is 19.2 Å². The van der Waals surface area contributed by atoms with Crippen LogP contribution in [0.15, 0.2) is 36.5 Å². The monoisotopic (exact) mass is 513 g/mol. The Labute approximate surface area is 211 Å². The zero-order valence-corrected chi connectivity index (χ0v) is 20.5. The molecule has 2 aromatic heterocycles. The largest absolute Gasteiger partial charge is 0.481 e. The number of hydrogen-bond acceptors (Lipinski definition) is 8. The van der Waals surface area contributed by atoms with Gasteiger partial charge in [-0.1, -0.05) is 26.0 Å². The van der Waals surface area contributed by atoms with E-state index in [-0.39, 0.29) is 29.7 Å². The third-order valence-corrected chi connectivity index (χ3v) is 5.45. The van der Waals surface area contributed by atoms with Crippen molar-refractivity contribution in [2.75, 3.05) is 5.32 Å². The second kappa shape index (κ2) is 11.7. The van der Waals surface area contributed by atoms with Crippen molar-refractivity contribution in [1.82, 2.24) is 19.7 Å². The Morgan fingerprint density at radius 2 is 1.81 bits per heavy atom. The number of nitrogens with one attached hydrogen (secondary N) is 1. The molecule has 2 heterocycles. The molecule has 3 rings (SSSR count). The lowest BCUT2D eigenvalue weighted by molar-refractivity contribution is -0.139. The molecule has 0 aliphatic rings. The fraction of sp³-hybridized carbons (Fsp3) is 0.320. The molecule has 1 aromatic carbocycles. The van der Waals surface area contributed by atoms with Gasteiger partial charge in [0.2, 0.25) is 5.95 Å². The number of hydrogen-bond donors (Lipinski definition) is 5. The van der Waals surface area contributed by atoms with Crippen LogP contribution in [-0.2, 0) is 11.8 Å². The zero-order chi connectivity index (χ0) is 27.3. The van der Waals surface area contributed by atoms with Crippen LogP contribution in [-0.4, -0.2) is 64.3 Å². The van der Waals surface area contributed by atoms with E-state index in [0.717, 1.165) is 0 Å². The molecule has 0 saturated heterocycles. The van der Waals surface area contributed by atoms with Crippen LogP contribution in [0.4, 0.5) is 16.2 Å². The van der Waals surface area contributed by atoms with E-state index in [2.05, 4.69) is 20.4 Å². The second-order valence-corrected chi connectivity index (χ2v) is 8.73. The minimum Gasteiger partial charge on any atom is -0.481 e. The molecule has 0 bridgehead atoms. The molecule has 0 fully saturated rings. The van der Waals surface area contributed by atoms with Gasteiger partial charge in [0.1, 0.15) is 17.2 Å². The fourth-order valence-electron chi connectivity index (χ4n) is 3.67. The first-order valence-electron chi connectivity index (χ1n) is 11.4. The fourth-order valence-corrected chi connectivity index (χ4v) is 3.67. The van der Waals surface area contributed by atoms with Crippen LogP contribution >= 0.6 is 0 Å². The van der Waals surface area contributed by atoms with Crippen molar-refractivity contribution in [2.24, 2.45) is 7.05 Å². The van der Waals surface area contributed by atoms with Crippen molar-refractivity contribution >= 4 is 29.8 Å². The topological polar surface area (TPSA) is 171 Å². The molecule has 11 nitrogen and oxygen atoms in total. The van der Waals surface area contributed by atoms with E-state index >= 15 is 0 Å². The van der Waals surface area contributed by atoms with Gasteiger partial charge in [0.05, 0.1) is 36.2 Å². The predicted molar refractivity (Wildman–Crippen MR) is 133 cm³/mol. The van der Waals surface area contributed by atoms with Gasteiger partial charge in [-0.2, -0.15) is 5.10 Å². The third-order valence-electron chi connectivity index (χ3n) is 5.45. The number of aliphatic hydroxyl groups is 2. The van der Waals surface area contributed by atoms with Crippen molar-refractivity contribution in [3.63, 3.8) is 0 Å². The lowest BCUT2D eigenvalue weighted by atomic mass is 9.97. The summed E-state index contributed by atoms with van der Waals surface area (Å²) in [4.78, 5) is 31.6. The number of halogens is 1. The Morgan fingerprint density at radius 1 is 1.14 bits per heavy atom. The Balaban J connectivity index is 2.09. The van der Waals surface area contributed by atoms with Crippen LogP contribution in [0.5, 0.6) is 0 Å². The number of carboxylic acids is 2. The van der Waals surface area contributed by atoms with Gasteiger partial charge in [-0.05, 0) is 30.2 Å². The van der Waals surface area contributed by atoms with E-state index in [0.29, 0.717) is 22.5 Å². The Hall–Kier alpha value is -4.16. The Morgan fingerprint density at radius 3 is 2.41 bits per heavy atom. The molecule has 12 heteroatoms. The van der Waals surface area contributed by atoms with Gasteiger partial charge in [-0.3, -0.25) is 9.48 Å². The summed E-state index contributed by atoms with van der Waals surface area (Å²) in [7, 11) is 1.57. The van der Waals surface area contributed by atoms with E-state index in [1.165, 1.54) is 41.2 Å². The molecular weight excluding hydrogens is 485 g/mol. The minimum atomic E-state index is -1.23. The number of carboxylic acid groups (broad SMARTS) is 2. The van der Waals surface area contributed by atoms with Gasteiger partial charge >= 0.3 is 11.9 Å². The van der Waals surface area contributed by atoms with Crippen molar-refractivity contribution in [3.8, 4) is 11.3 Å². The molecule has 37 heavy (non-hydrogen) atoms. The lowest BCUT2D eigenvalue weighted by Crippen LogP contribution is -2.19. The standard InChI is InChI=1S/C25H28FN5O6/c1-13(2)21-18(9-8-16(32)10-17(33)11-20(34)35)22(14-4-6-15(26)7-5-14)29-25(28-21)30-23-19(24(36)37)12-27-31(23)3/h4-9,12-13,16-17,32-33H,10-11H2,1-3H3,(H,34,35)(H,36,37)(H,28,29,30)/b9-8+/t16-,17-/m1/s1. The maximum Gasteiger partial charge on any atom is 0.341 e. The van der Waals surface area contributed by atoms with Gasteiger partial charge < -0.3 is 25.7 Å². The van der Waals surface area contributed by atoms with Crippen molar-refractivity contribution in [2.45, 2.75) is 44.8 Å². The van der Waals surface area contributed by atoms with Gasteiger partial charge in [0, 0.05) is 24.6 Å². The number of aromatic nitrogens is 4. The summed E-state index contributed by atoms with van der Waals surface area (Å²) in [5.74, 6) is -2.71. The molecular formula is C25H28FN5O6. The Bertz CT molecular complexity index is 1310. The summed E-state index contributed by atoms with van der Waals surface area (Å²) >= 11 is 0. The van der Waals surface area contributed by atoms with Crippen LogP contribution in [0.25, 0.3) is 17.3 Å². The highest BCUT2D eigenvalue weighted by atomic mass is 19.1. The molecule has 0 unspecified atom stereocenters. The molecule has 2 atom stereocenters. The number of rotatable bonds is 11. The quantitative estimate of drug-likeness (QED) is 0.256. The molecule has 0 radical (unpaired) electrons. The molecule has 196 valence electrons. The smallest absolute Gasteiger partial charge is 0.341 e. The molecule has 3 aromatic rings. The number of carbonyl (C=O) groups is 2. The summed E-state index contributed by atoms with van der Waals surface area (Å²) in [6, 6.07) is 5.60. The van der Waals surface area contributed by atoms with Gasteiger partial charge in [0.25, 0.3) is 0 Å². The number of benzene rings is 1. The summed E-state index contributed by atoms with van der Waals surface area (Å²) in [5, 5.41) is 45.4. The first-order chi connectivity index (χ1) is 17.5. The predicted octanol–water partition coefficient (Wildman–Crippen LogP) is 3.18. The maximum atomic E-state index is 13.6. The van der Waals surface area contributed by atoms with Crippen molar-refractivity contribution in [1.29, 1.82) is 0 Å². The van der Waals surface area contributed by atoms with Crippen LogP contribution in [0, 0.1) is 5.82 Å². The van der Waals surface area contributed by atoms with E-state index in [1.807, 2.05) is 13.8 Å². The van der Waals surface area contributed by atoms with E-state index in [9.17, 15) is 29.3 Å².